The summed E-state index contributed by atoms with van der Waals surface area (Å²) in [4.78, 5) is 97.7. The highest BCUT2D eigenvalue weighted by Gasteiger charge is 2.27. The lowest BCUT2D eigenvalue weighted by molar-refractivity contribution is -0.145. The van der Waals surface area contributed by atoms with E-state index >= 15 is 0 Å². The van der Waals surface area contributed by atoms with Crippen LogP contribution < -0.4 is 51.7 Å². The van der Waals surface area contributed by atoms with Crippen LogP contribution in [-0.2, 0) is 23.9 Å². The molecule has 0 radical (unpaired) electrons. The average molecular weight is 967 g/mol. The lowest BCUT2D eigenvalue weighted by Gasteiger charge is -2.15. The Morgan fingerprint density at radius 3 is 1.22 bits per heavy atom. The van der Waals surface area contributed by atoms with E-state index in [0.717, 1.165) is 60.7 Å². The summed E-state index contributed by atoms with van der Waals surface area (Å²) in [5, 5.41) is 60.3. The summed E-state index contributed by atoms with van der Waals surface area (Å²) in [6.45, 7) is -0.988. The highest BCUT2D eigenvalue weighted by Crippen LogP contribution is 2.27. The van der Waals surface area contributed by atoms with Crippen LogP contribution in [-0.4, -0.2) is 118 Å². The van der Waals surface area contributed by atoms with Crippen LogP contribution in [0, 0.1) is 22.5 Å². The first kappa shape index (κ1) is 52.2. The summed E-state index contributed by atoms with van der Waals surface area (Å²) in [6, 6.07) is 8.75. The Kier molecular flexibility index (Phi) is 18.3. The second-order valence-electron chi connectivity index (χ2n) is 13.9. The standard InChI is InChI=1S/C42H40F2N8O17/c43-29-13-21(49-41(45)46)1-3-27(29)39(63)68-25-11-19(35(57)51-31(37(59)60)17-33(53)54)9-23(15-25)66-7-5-65-6-8-67-24-10-20(36(58)52-32(38(61)62)18-34(55)56)12-26(16-24)69-40(64)28-4-2-22(14-30(28)44)50-42(47)48/h1-4,9-16,31-32H,5-8,17-18H2,(H,51,57)(H,52,58)(H,53,54)(H,55,56)(H,59,60)(H,61,62)(H4,45,46,49)(H4,47,48,50)/t31-,32-/m1/s1. The van der Waals surface area contributed by atoms with Crippen molar-refractivity contribution in [3.05, 3.63) is 107 Å². The van der Waals surface area contributed by atoms with E-state index in [4.69, 9.17) is 56.2 Å². The molecule has 0 heterocycles. The molecule has 0 aliphatic rings. The minimum absolute atomic E-state index is 0.0347. The van der Waals surface area contributed by atoms with Gasteiger partial charge in [0.1, 0.15) is 59.9 Å². The number of anilines is 2. The molecule has 27 heteroatoms. The third kappa shape index (κ3) is 16.5. The minimum atomic E-state index is -1.88. The van der Waals surface area contributed by atoms with Crippen molar-refractivity contribution in [2.45, 2.75) is 24.9 Å². The lowest BCUT2D eigenvalue weighted by Crippen LogP contribution is -2.42. The fraction of sp³-hybridized carbons (Fsp3) is 0.190. The molecule has 0 fully saturated rings. The van der Waals surface area contributed by atoms with Crippen molar-refractivity contribution in [2.75, 3.05) is 37.1 Å². The molecule has 0 aliphatic carbocycles. The number of guanidine groups is 2. The van der Waals surface area contributed by atoms with Crippen LogP contribution in [0.5, 0.6) is 23.0 Å². The van der Waals surface area contributed by atoms with Gasteiger partial charge in [0.2, 0.25) is 0 Å². The van der Waals surface area contributed by atoms with Gasteiger partial charge in [-0.3, -0.25) is 30.0 Å². The third-order valence-electron chi connectivity index (χ3n) is 8.60. The summed E-state index contributed by atoms with van der Waals surface area (Å²) in [5.41, 5.74) is 8.63. The largest absolute Gasteiger partial charge is 0.491 e. The van der Waals surface area contributed by atoms with Crippen molar-refractivity contribution >= 4 is 70.9 Å². The topological polar surface area (TPSA) is 411 Å². The Balaban J connectivity index is 1.47. The number of aliphatic carboxylic acids is 4. The summed E-state index contributed by atoms with van der Waals surface area (Å²) < 4.78 is 57.0. The van der Waals surface area contributed by atoms with Crippen molar-refractivity contribution in [1.29, 1.82) is 10.8 Å². The normalized spacial score (nSPS) is 11.4. The first-order valence-corrected chi connectivity index (χ1v) is 19.5. The van der Waals surface area contributed by atoms with Gasteiger partial charge in [-0.1, -0.05) is 0 Å². The number of carbonyl (C=O) groups is 8. The van der Waals surface area contributed by atoms with Crippen molar-refractivity contribution in [3.63, 3.8) is 0 Å². The van der Waals surface area contributed by atoms with Crippen molar-refractivity contribution in [1.82, 2.24) is 10.6 Å². The summed E-state index contributed by atoms with van der Waals surface area (Å²) in [6.07, 6.45) is -1.99. The monoisotopic (exact) mass is 966 g/mol. The van der Waals surface area contributed by atoms with Gasteiger partial charge >= 0.3 is 35.8 Å². The van der Waals surface area contributed by atoms with E-state index in [1.165, 1.54) is 12.1 Å². The molecular formula is C42H40F2N8O17. The molecule has 2 amide bonds. The number of hydrogen-bond donors (Lipinski definition) is 12. The van der Waals surface area contributed by atoms with Crippen LogP contribution in [0.4, 0.5) is 20.2 Å². The van der Waals surface area contributed by atoms with E-state index in [2.05, 4.69) is 10.6 Å². The van der Waals surface area contributed by atoms with Gasteiger partial charge in [-0.15, -0.1) is 0 Å². The maximum atomic E-state index is 14.8. The van der Waals surface area contributed by atoms with Gasteiger partial charge in [-0.25, -0.2) is 28.0 Å². The third-order valence-corrected chi connectivity index (χ3v) is 8.60. The van der Waals surface area contributed by atoms with Gasteiger partial charge in [-0.2, -0.15) is 0 Å². The highest BCUT2D eigenvalue weighted by atomic mass is 19.1. The number of nitrogens with one attached hydrogen (secondary N) is 6. The summed E-state index contributed by atoms with van der Waals surface area (Å²) >= 11 is 0. The van der Waals surface area contributed by atoms with Gasteiger partial charge < -0.3 is 76.8 Å². The number of ether oxygens (including phenoxy) is 5. The lowest BCUT2D eigenvalue weighted by atomic mass is 10.1. The predicted octanol–water partition coefficient (Wildman–Crippen LogP) is 1.80. The molecule has 0 aromatic heterocycles. The highest BCUT2D eigenvalue weighted by molar-refractivity contribution is 6.00. The molecule has 25 nitrogen and oxygen atoms in total. The second kappa shape index (κ2) is 24.2. The van der Waals surface area contributed by atoms with Gasteiger partial charge in [0.15, 0.2) is 11.9 Å². The SMILES string of the molecule is N=C(N)Nc1ccc(C(=O)Oc2cc(OCCOCCOc3cc(OC(=O)c4ccc(NC(=N)N)cc4F)cc(C(=O)N[C@H](CC(=O)O)C(=O)O)c3)cc(C(=O)N[C@H](CC(=O)O)C(=O)O)c2)c(F)c1. The maximum absolute atomic E-state index is 14.8. The first-order valence-electron chi connectivity index (χ1n) is 19.5. The molecule has 364 valence electrons. The molecule has 0 saturated carbocycles. The number of carbonyl (C=O) groups excluding carboxylic acids is 4. The van der Waals surface area contributed by atoms with Gasteiger partial charge in [0, 0.05) is 34.6 Å². The molecule has 0 saturated heterocycles. The number of esters is 2. The van der Waals surface area contributed by atoms with E-state index in [1.54, 1.807) is 0 Å². The zero-order chi connectivity index (χ0) is 50.9. The van der Waals surface area contributed by atoms with Crippen LogP contribution in [0.2, 0.25) is 0 Å². The molecule has 69 heavy (non-hydrogen) atoms. The molecule has 0 aliphatic heterocycles. The zero-order valence-corrected chi connectivity index (χ0v) is 35.3. The number of halogens is 2. The van der Waals surface area contributed by atoms with Crippen LogP contribution in [0.3, 0.4) is 0 Å². The van der Waals surface area contributed by atoms with Crippen LogP contribution in [0.25, 0.3) is 0 Å². The number of hydrogen-bond acceptors (Lipinski definition) is 15. The minimum Gasteiger partial charge on any atom is -0.491 e. The van der Waals surface area contributed by atoms with Gasteiger partial charge in [0.25, 0.3) is 11.8 Å². The van der Waals surface area contributed by atoms with E-state index < -0.39 is 119 Å². The Labute approximate surface area is 386 Å². The molecule has 14 N–H and O–H groups in total. The number of benzene rings is 4. The Bertz CT molecular complexity index is 2510. The maximum Gasteiger partial charge on any atom is 0.346 e. The number of carboxylic acids is 4. The molecule has 0 spiro atoms. The van der Waals surface area contributed by atoms with E-state index in [0.29, 0.717) is 0 Å². The number of rotatable bonds is 24. The Morgan fingerprint density at radius 1 is 0.536 bits per heavy atom. The van der Waals surface area contributed by atoms with Gasteiger partial charge in [0.05, 0.1) is 37.2 Å². The molecular weight excluding hydrogens is 926 g/mol. The predicted molar refractivity (Wildman–Crippen MR) is 231 cm³/mol. The number of amides is 2. The molecule has 4 aromatic carbocycles. The number of carboxylic acid groups (broad SMARTS) is 4. The number of nitrogens with two attached hydrogens (primary N) is 2. The van der Waals surface area contributed by atoms with E-state index in [1.807, 2.05) is 10.6 Å². The average Bonchev–Trinajstić information content (AvgIpc) is 3.24. The van der Waals surface area contributed by atoms with E-state index in [-0.39, 0.29) is 60.4 Å². The molecule has 2 atom stereocenters. The second-order valence-corrected chi connectivity index (χ2v) is 13.9. The van der Waals surface area contributed by atoms with Crippen molar-refractivity contribution in [2.24, 2.45) is 11.5 Å². The fourth-order valence-corrected chi connectivity index (χ4v) is 5.61. The Morgan fingerprint density at radius 2 is 0.899 bits per heavy atom. The fourth-order valence-electron chi connectivity index (χ4n) is 5.61. The molecule has 0 unspecified atom stereocenters. The van der Waals surface area contributed by atoms with Crippen molar-refractivity contribution < 1.29 is 91.2 Å². The first-order chi connectivity index (χ1) is 32.6. The van der Waals surface area contributed by atoms with Crippen molar-refractivity contribution in [3.8, 4) is 23.0 Å². The zero-order valence-electron chi connectivity index (χ0n) is 35.3. The molecule has 4 aromatic rings. The van der Waals surface area contributed by atoms with Crippen LogP contribution in [0.1, 0.15) is 54.3 Å². The van der Waals surface area contributed by atoms with Crippen LogP contribution >= 0.6 is 0 Å². The summed E-state index contributed by atoms with van der Waals surface area (Å²) in [5.74, 6) is -15.5. The smallest absolute Gasteiger partial charge is 0.346 e. The quantitative estimate of drug-likeness (QED) is 0.0157. The molecule has 4 rings (SSSR count). The Hall–Kier alpha value is -9.40. The summed E-state index contributed by atoms with van der Waals surface area (Å²) in [7, 11) is 0. The van der Waals surface area contributed by atoms with E-state index in [9.17, 15) is 57.4 Å². The van der Waals surface area contributed by atoms with Gasteiger partial charge in [-0.05, 0) is 60.7 Å². The van der Waals surface area contributed by atoms with Crippen LogP contribution in [0.15, 0.2) is 72.8 Å². The molecule has 0 bridgehead atoms.